The van der Waals surface area contributed by atoms with Crippen LogP contribution in [0.25, 0.3) is 0 Å². The van der Waals surface area contributed by atoms with Gasteiger partial charge in [0.15, 0.2) is 0 Å². The predicted molar refractivity (Wildman–Crippen MR) is 77.5 cm³/mol. The summed E-state index contributed by atoms with van der Waals surface area (Å²) in [5.41, 5.74) is 0. The molecule has 5 nitrogen and oxygen atoms in total. The molecule has 0 atom stereocenters. The van der Waals surface area contributed by atoms with E-state index in [-0.39, 0.29) is 0 Å². The average Bonchev–Trinajstić information content (AvgIpc) is 2.34. The van der Waals surface area contributed by atoms with Gasteiger partial charge >= 0.3 is 0 Å². The Morgan fingerprint density at radius 1 is 1.00 bits per heavy atom. The largest absolute Gasteiger partial charge is 0.367 e. The number of aryl methyl sites for hydroxylation is 1. The standard InChI is InChI=1S/C14H23N5/c1-10-16-13(18-11-3-2-4-11)9-14(17-10)19-12-5-7-15-8-6-12/h9,11-12,15H,2-8H2,1H3,(H2,16,17,18,19). The van der Waals surface area contributed by atoms with E-state index in [1.165, 1.54) is 19.3 Å². The van der Waals surface area contributed by atoms with Crippen LogP contribution in [0.1, 0.15) is 37.9 Å². The zero-order chi connectivity index (χ0) is 13.1. The third-order valence-electron chi connectivity index (χ3n) is 3.99. The van der Waals surface area contributed by atoms with Crippen LogP contribution in [0, 0.1) is 6.92 Å². The van der Waals surface area contributed by atoms with E-state index in [1.807, 2.05) is 13.0 Å². The van der Waals surface area contributed by atoms with E-state index in [4.69, 9.17) is 0 Å². The summed E-state index contributed by atoms with van der Waals surface area (Å²) in [7, 11) is 0. The average molecular weight is 261 g/mol. The molecule has 1 aromatic heterocycles. The van der Waals surface area contributed by atoms with Gasteiger partial charge in [-0.2, -0.15) is 0 Å². The monoisotopic (exact) mass is 261 g/mol. The molecule has 3 rings (SSSR count). The van der Waals surface area contributed by atoms with Crippen molar-refractivity contribution in [2.45, 2.75) is 51.1 Å². The van der Waals surface area contributed by atoms with Crippen molar-refractivity contribution in [2.24, 2.45) is 0 Å². The maximum atomic E-state index is 4.50. The lowest BCUT2D eigenvalue weighted by Gasteiger charge is -2.28. The zero-order valence-corrected chi connectivity index (χ0v) is 11.6. The smallest absolute Gasteiger partial charge is 0.132 e. The van der Waals surface area contributed by atoms with Crippen molar-refractivity contribution >= 4 is 11.6 Å². The first-order valence-electron chi connectivity index (χ1n) is 7.39. The molecule has 104 valence electrons. The highest BCUT2D eigenvalue weighted by molar-refractivity contribution is 5.48. The Balaban J connectivity index is 1.65. The molecule has 1 aliphatic carbocycles. The van der Waals surface area contributed by atoms with Gasteiger partial charge in [0.05, 0.1) is 0 Å². The second kappa shape index (κ2) is 5.74. The summed E-state index contributed by atoms with van der Waals surface area (Å²) >= 11 is 0. The van der Waals surface area contributed by atoms with Crippen LogP contribution in [0.5, 0.6) is 0 Å². The number of nitrogens with one attached hydrogen (secondary N) is 3. The van der Waals surface area contributed by atoms with Crippen molar-refractivity contribution in [3.63, 3.8) is 0 Å². The van der Waals surface area contributed by atoms with E-state index in [9.17, 15) is 0 Å². The van der Waals surface area contributed by atoms with E-state index in [0.29, 0.717) is 12.1 Å². The van der Waals surface area contributed by atoms with Crippen LogP contribution in [0.3, 0.4) is 0 Å². The molecule has 0 aromatic carbocycles. The fourth-order valence-electron chi connectivity index (χ4n) is 2.65. The Labute approximate surface area is 114 Å². The molecule has 2 fully saturated rings. The van der Waals surface area contributed by atoms with Crippen LogP contribution >= 0.6 is 0 Å². The molecule has 3 N–H and O–H groups in total. The molecule has 0 unspecified atom stereocenters. The lowest BCUT2D eigenvalue weighted by molar-refractivity contribution is 0.444. The van der Waals surface area contributed by atoms with Gasteiger partial charge in [-0.15, -0.1) is 0 Å². The van der Waals surface area contributed by atoms with Crippen molar-refractivity contribution < 1.29 is 0 Å². The van der Waals surface area contributed by atoms with Crippen LogP contribution in [0.15, 0.2) is 6.07 Å². The molecule has 19 heavy (non-hydrogen) atoms. The van der Waals surface area contributed by atoms with Crippen LogP contribution in [-0.4, -0.2) is 35.1 Å². The Bertz CT molecular complexity index is 424. The fourth-order valence-corrected chi connectivity index (χ4v) is 2.65. The molecular weight excluding hydrogens is 238 g/mol. The molecule has 0 amide bonds. The van der Waals surface area contributed by atoms with Gasteiger partial charge in [-0.3, -0.25) is 0 Å². The molecule has 2 heterocycles. The summed E-state index contributed by atoms with van der Waals surface area (Å²) in [6, 6.07) is 3.20. The summed E-state index contributed by atoms with van der Waals surface area (Å²) in [6.45, 7) is 4.14. The Hall–Kier alpha value is -1.36. The van der Waals surface area contributed by atoms with E-state index in [0.717, 1.165) is 43.4 Å². The molecule has 0 radical (unpaired) electrons. The highest BCUT2D eigenvalue weighted by Gasteiger charge is 2.18. The second-order valence-corrected chi connectivity index (χ2v) is 5.63. The number of hydrogen-bond acceptors (Lipinski definition) is 5. The lowest BCUT2D eigenvalue weighted by atomic mass is 9.93. The maximum absolute atomic E-state index is 4.50. The molecule has 1 aromatic rings. The molecule has 0 bridgehead atoms. The SMILES string of the molecule is Cc1nc(NC2CCC2)cc(NC2CCNCC2)n1. The summed E-state index contributed by atoms with van der Waals surface area (Å²) in [5.74, 6) is 2.76. The van der Waals surface area contributed by atoms with Crippen LogP contribution < -0.4 is 16.0 Å². The van der Waals surface area contributed by atoms with Crippen LogP contribution in [0.2, 0.25) is 0 Å². The Morgan fingerprint density at radius 2 is 1.58 bits per heavy atom. The number of piperidine rings is 1. The van der Waals surface area contributed by atoms with Gasteiger partial charge in [0.25, 0.3) is 0 Å². The minimum Gasteiger partial charge on any atom is -0.367 e. The van der Waals surface area contributed by atoms with E-state index in [1.54, 1.807) is 0 Å². The lowest BCUT2D eigenvalue weighted by Crippen LogP contribution is -2.35. The minimum absolute atomic E-state index is 0.534. The van der Waals surface area contributed by atoms with Gasteiger partial charge in [0, 0.05) is 18.2 Å². The topological polar surface area (TPSA) is 61.9 Å². The van der Waals surface area contributed by atoms with Gasteiger partial charge in [0.1, 0.15) is 17.5 Å². The number of rotatable bonds is 4. The molecule has 5 heteroatoms. The summed E-state index contributed by atoms with van der Waals surface area (Å²) < 4.78 is 0. The first-order valence-corrected chi connectivity index (χ1v) is 7.39. The Morgan fingerprint density at radius 3 is 2.11 bits per heavy atom. The first kappa shape index (κ1) is 12.7. The fraction of sp³-hybridized carbons (Fsp3) is 0.714. The van der Waals surface area contributed by atoms with Gasteiger partial charge in [-0.05, 0) is 52.1 Å². The highest BCUT2D eigenvalue weighted by Crippen LogP contribution is 2.23. The minimum atomic E-state index is 0.534. The summed E-state index contributed by atoms with van der Waals surface area (Å²) in [6.07, 6.45) is 6.19. The Kier molecular flexibility index (Phi) is 3.82. The number of aromatic nitrogens is 2. The van der Waals surface area contributed by atoms with Crippen molar-refractivity contribution in [2.75, 3.05) is 23.7 Å². The van der Waals surface area contributed by atoms with E-state index >= 15 is 0 Å². The number of anilines is 2. The molecule has 1 saturated heterocycles. The van der Waals surface area contributed by atoms with Crippen LogP contribution in [0.4, 0.5) is 11.6 Å². The summed E-state index contributed by atoms with van der Waals surface area (Å²) in [5, 5.41) is 10.4. The first-order chi connectivity index (χ1) is 9.29. The zero-order valence-electron chi connectivity index (χ0n) is 11.6. The number of hydrogen-bond donors (Lipinski definition) is 3. The van der Waals surface area contributed by atoms with Crippen molar-refractivity contribution in [3.05, 3.63) is 11.9 Å². The van der Waals surface area contributed by atoms with Crippen molar-refractivity contribution in [1.29, 1.82) is 0 Å². The summed E-state index contributed by atoms with van der Waals surface area (Å²) in [4.78, 5) is 8.97. The van der Waals surface area contributed by atoms with Crippen LogP contribution in [-0.2, 0) is 0 Å². The third-order valence-corrected chi connectivity index (χ3v) is 3.99. The van der Waals surface area contributed by atoms with E-state index in [2.05, 4.69) is 25.9 Å². The quantitative estimate of drug-likeness (QED) is 0.773. The highest BCUT2D eigenvalue weighted by atomic mass is 15.1. The van der Waals surface area contributed by atoms with Crippen molar-refractivity contribution in [3.8, 4) is 0 Å². The van der Waals surface area contributed by atoms with E-state index < -0.39 is 0 Å². The molecular formula is C14H23N5. The van der Waals surface area contributed by atoms with Gasteiger partial charge in [0.2, 0.25) is 0 Å². The number of nitrogens with zero attached hydrogens (tertiary/aromatic N) is 2. The third kappa shape index (κ3) is 3.35. The second-order valence-electron chi connectivity index (χ2n) is 5.63. The molecule has 1 saturated carbocycles. The molecule has 0 spiro atoms. The molecule has 1 aliphatic heterocycles. The maximum Gasteiger partial charge on any atom is 0.132 e. The molecule has 2 aliphatic rings. The predicted octanol–water partition coefficient (Wildman–Crippen LogP) is 1.91. The normalized spacial score (nSPS) is 20.9. The van der Waals surface area contributed by atoms with Gasteiger partial charge < -0.3 is 16.0 Å². The van der Waals surface area contributed by atoms with Gasteiger partial charge in [-0.1, -0.05) is 0 Å². The van der Waals surface area contributed by atoms with Crippen molar-refractivity contribution in [1.82, 2.24) is 15.3 Å². The van der Waals surface area contributed by atoms with Gasteiger partial charge in [-0.25, -0.2) is 9.97 Å².